The van der Waals surface area contributed by atoms with E-state index in [2.05, 4.69) is 6.92 Å². The Kier molecular flexibility index (Phi) is 2.65. The molecule has 1 aliphatic carbocycles. The highest BCUT2D eigenvalue weighted by Gasteiger charge is 2.35. The van der Waals surface area contributed by atoms with E-state index in [0.717, 1.165) is 11.3 Å². The zero-order valence-electron chi connectivity index (χ0n) is 7.26. The lowest BCUT2D eigenvalue weighted by Crippen LogP contribution is -2.33. The van der Waals surface area contributed by atoms with Crippen LogP contribution in [0.3, 0.4) is 0 Å². The fourth-order valence-electron chi connectivity index (χ4n) is 1.26. The van der Waals surface area contributed by atoms with E-state index in [1.165, 1.54) is 7.05 Å². The molecule has 0 spiro atoms. The first-order valence-corrected chi connectivity index (χ1v) is 4.05. The smallest absolute Gasteiger partial charge is 0.315 e. The molecule has 2 unspecified atom stereocenters. The van der Waals surface area contributed by atoms with E-state index in [1.54, 1.807) is 0 Å². The average Bonchev–Trinajstić information content (AvgIpc) is 2.64. The molecule has 0 radical (unpaired) electrons. The molecule has 1 saturated carbocycles. The van der Waals surface area contributed by atoms with Gasteiger partial charge in [0.2, 0.25) is 0 Å². The van der Waals surface area contributed by atoms with Crippen molar-refractivity contribution in [2.24, 2.45) is 11.8 Å². The maximum absolute atomic E-state index is 11.9. The molecular formula is C8H13F2NO. The van der Waals surface area contributed by atoms with E-state index in [4.69, 9.17) is 0 Å². The Hall–Kier alpha value is -0.670. The summed E-state index contributed by atoms with van der Waals surface area (Å²) in [5.41, 5.74) is 0. The number of hydrogen-bond acceptors (Lipinski definition) is 1. The van der Waals surface area contributed by atoms with Gasteiger partial charge in [0.15, 0.2) is 0 Å². The summed E-state index contributed by atoms with van der Waals surface area (Å²) in [4.78, 5) is 11.8. The fourth-order valence-corrected chi connectivity index (χ4v) is 1.26. The molecule has 1 rings (SSSR count). The number of carbonyl (C=O) groups excluding carboxylic acids is 1. The van der Waals surface area contributed by atoms with Gasteiger partial charge < -0.3 is 4.90 Å². The summed E-state index contributed by atoms with van der Waals surface area (Å²) in [6.45, 7) is 2.54. The number of amides is 1. The highest BCUT2D eigenvalue weighted by Crippen LogP contribution is 2.38. The Bertz CT molecular complexity index is 184. The van der Waals surface area contributed by atoms with Crippen molar-refractivity contribution in [2.45, 2.75) is 19.8 Å². The molecular weight excluding hydrogens is 164 g/mol. The Morgan fingerprint density at radius 3 is 2.50 bits per heavy atom. The van der Waals surface area contributed by atoms with Crippen LogP contribution in [0.4, 0.5) is 8.78 Å². The predicted octanol–water partition coefficient (Wildman–Crippen LogP) is 1.37. The predicted molar refractivity (Wildman–Crippen MR) is 40.9 cm³/mol. The first-order valence-electron chi connectivity index (χ1n) is 4.05. The van der Waals surface area contributed by atoms with Crippen molar-refractivity contribution in [2.75, 3.05) is 13.6 Å². The quantitative estimate of drug-likeness (QED) is 0.637. The summed E-state index contributed by atoms with van der Waals surface area (Å²) in [6.07, 6.45) is -1.80. The molecule has 0 heterocycles. The molecule has 0 aromatic heterocycles. The molecule has 0 aromatic carbocycles. The maximum atomic E-state index is 11.9. The molecule has 0 N–H and O–H groups in total. The van der Waals surface area contributed by atoms with Crippen molar-refractivity contribution in [1.29, 1.82) is 0 Å². The summed E-state index contributed by atoms with van der Waals surface area (Å²) in [5.74, 6) is -0.0234. The van der Waals surface area contributed by atoms with Gasteiger partial charge >= 0.3 is 6.43 Å². The van der Waals surface area contributed by atoms with Crippen LogP contribution in [-0.2, 0) is 4.79 Å². The van der Waals surface area contributed by atoms with Crippen LogP contribution in [0, 0.1) is 11.8 Å². The molecule has 0 aromatic rings. The number of nitrogens with zero attached hydrogens (tertiary/aromatic N) is 1. The Morgan fingerprint density at radius 2 is 2.17 bits per heavy atom. The highest BCUT2D eigenvalue weighted by atomic mass is 19.3. The molecule has 1 amide bonds. The SMILES string of the molecule is CC1CC1CN(C)C(=O)C(F)F. The Labute approximate surface area is 70.5 Å². The molecule has 2 nitrogen and oxygen atoms in total. The normalized spacial score (nSPS) is 27.4. The second-order valence-corrected chi connectivity index (χ2v) is 3.49. The topological polar surface area (TPSA) is 20.3 Å². The van der Waals surface area contributed by atoms with Crippen LogP contribution in [0.5, 0.6) is 0 Å². The molecule has 1 aliphatic rings. The fraction of sp³-hybridized carbons (Fsp3) is 0.875. The summed E-state index contributed by atoms with van der Waals surface area (Å²) in [7, 11) is 1.43. The third kappa shape index (κ3) is 2.16. The summed E-state index contributed by atoms with van der Waals surface area (Å²) in [6, 6.07) is 0. The van der Waals surface area contributed by atoms with Crippen LogP contribution in [0.1, 0.15) is 13.3 Å². The second kappa shape index (κ2) is 3.37. The van der Waals surface area contributed by atoms with E-state index in [-0.39, 0.29) is 0 Å². The minimum atomic E-state index is -2.86. The molecule has 0 saturated heterocycles. The minimum absolute atomic E-state index is 0.442. The lowest BCUT2D eigenvalue weighted by atomic mass is 10.3. The van der Waals surface area contributed by atoms with Crippen LogP contribution in [0.25, 0.3) is 0 Å². The monoisotopic (exact) mass is 177 g/mol. The van der Waals surface area contributed by atoms with Gasteiger partial charge in [-0.05, 0) is 18.3 Å². The Balaban J connectivity index is 2.28. The zero-order valence-corrected chi connectivity index (χ0v) is 7.26. The molecule has 1 fully saturated rings. The van der Waals surface area contributed by atoms with Gasteiger partial charge in [-0.2, -0.15) is 8.78 Å². The van der Waals surface area contributed by atoms with Gasteiger partial charge in [-0.3, -0.25) is 4.79 Å². The van der Waals surface area contributed by atoms with E-state index in [1.807, 2.05) is 0 Å². The third-order valence-corrected chi connectivity index (χ3v) is 2.35. The van der Waals surface area contributed by atoms with Crippen LogP contribution in [0.2, 0.25) is 0 Å². The van der Waals surface area contributed by atoms with Gasteiger partial charge in [-0.25, -0.2) is 0 Å². The first kappa shape index (κ1) is 9.42. The third-order valence-electron chi connectivity index (χ3n) is 2.35. The summed E-state index contributed by atoms with van der Waals surface area (Å²) < 4.78 is 23.7. The van der Waals surface area contributed by atoms with Crippen molar-refractivity contribution in [3.05, 3.63) is 0 Å². The zero-order chi connectivity index (χ0) is 9.30. The van der Waals surface area contributed by atoms with Gasteiger partial charge in [-0.1, -0.05) is 6.92 Å². The molecule has 12 heavy (non-hydrogen) atoms. The van der Waals surface area contributed by atoms with Crippen molar-refractivity contribution < 1.29 is 13.6 Å². The van der Waals surface area contributed by atoms with Gasteiger partial charge in [-0.15, -0.1) is 0 Å². The minimum Gasteiger partial charge on any atom is -0.341 e. The molecule has 0 bridgehead atoms. The lowest BCUT2D eigenvalue weighted by molar-refractivity contribution is -0.141. The Morgan fingerprint density at radius 1 is 1.67 bits per heavy atom. The molecule has 70 valence electrons. The van der Waals surface area contributed by atoms with Gasteiger partial charge in [0.05, 0.1) is 0 Å². The number of alkyl halides is 2. The number of rotatable bonds is 3. The number of halogens is 2. The van der Waals surface area contributed by atoms with E-state index >= 15 is 0 Å². The van der Waals surface area contributed by atoms with Crippen molar-refractivity contribution in [1.82, 2.24) is 4.90 Å². The van der Waals surface area contributed by atoms with Crippen LogP contribution >= 0.6 is 0 Å². The van der Waals surface area contributed by atoms with Gasteiger partial charge in [0, 0.05) is 13.6 Å². The van der Waals surface area contributed by atoms with Gasteiger partial charge in [0.25, 0.3) is 5.91 Å². The molecule has 2 atom stereocenters. The van der Waals surface area contributed by atoms with Crippen molar-refractivity contribution in [3.8, 4) is 0 Å². The van der Waals surface area contributed by atoms with E-state index in [0.29, 0.717) is 18.4 Å². The lowest BCUT2D eigenvalue weighted by Gasteiger charge is -2.15. The summed E-state index contributed by atoms with van der Waals surface area (Å²) in [5, 5.41) is 0. The van der Waals surface area contributed by atoms with E-state index in [9.17, 15) is 13.6 Å². The highest BCUT2D eigenvalue weighted by molar-refractivity contribution is 5.79. The average molecular weight is 177 g/mol. The second-order valence-electron chi connectivity index (χ2n) is 3.49. The number of hydrogen-bond donors (Lipinski definition) is 0. The molecule has 0 aliphatic heterocycles. The maximum Gasteiger partial charge on any atom is 0.315 e. The number of carbonyl (C=O) groups is 1. The van der Waals surface area contributed by atoms with Crippen LogP contribution in [0.15, 0.2) is 0 Å². The van der Waals surface area contributed by atoms with Crippen molar-refractivity contribution >= 4 is 5.91 Å². The summed E-state index contributed by atoms with van der Waals surface area (Å²) >= 11 is 0. The first-order chi connectivity index (χ1) is 5.52. The van der Waals surface area contributed by atoms with Crippen molar-refractivity contribution in [3.63, 3.8) is 0 Å². The standard InChI is InChI=1S/C8H13F2NO/c1-5-3-6(5)4-11(2)8(12)7(9)10/h5-7H,3-4H2,1-2H3. The molecule has 4 heteroatoms. The van der Waals surface area contributed by atoms with Gasteiger partial charge in [0.1, 0.15) is 0 Å². The van der Waals surface area contributed by atoms with Crippen LogP contribution in [-0.4, -0.2) is 30.8 Å². The van der Waals surface area contributed by atoms with E-state index < -0.39 is 12.3 Å². The largest absolute Gasteiger partial charge is 0.341 e. The van der Waals surface area contributed by atoms with Crippen LogP contribution < -0.4 is 0 Å².